The zero-order valence-corrected chi connectivity index (χ0v) is 18.6. The van der Waals surface area contributed by atoms with Crippen molar-refractivity contribution in [2.24, 2.45) is 0 Å². The first-order valence-corrected chi connectivity index (χ1v) is 11.1. The number of nitrogens with one attached hydrogen (secondary N) is 1. The fourth-order valence-electron chi connectivity index (χ4n) is 4.16. The first kappa shape index (κ1) is 21.9. The highest BCUT2D eigenvalue weighted by Crippen LogP contribution is 2.23. The lowest BCUT2D eigenvalue weighted by Crippen LogP contribution is -2.52. The number of amides is 1. The van der Waals surface area contributed by atoms with Crippen LogP contribution in [0.25, 0.3) is 0 Å². The Morgan fingerprint density at radius 1 is 0.941 bits per heavy atom. The number of carbonyl (C=O) groups excluding carboxylic acids is 1. The average molecular weight is 466 g/mol. The van der Waals surface area contributed by atoms with E-state index in [-0.39, 0.29) is 11.9 Å². The summed E-state index contributed by atoms with van der Waals surface area (Å²) in [5, 5.41) is 2.83. The summed E-state index contributed by atoms with van der Waals surface area (Å²) in [6, 6.07) is 8.54. The molecular formula is C23H24F2N8O. The molecule has 34 heavy (non-hydrogen) atoms. The number of hydrogen-bond acceptors (Lipinski definition) is 8. The second kappa shape index (κ2) is 9.16. The number of carbonyl (C=O) groups is 1. The van der Waals surface area contributed by atoms with Gasteiger partial charge in [0.15, 0.2) is 0 Å². The van der Waals surface area contributed by atoms with Crippen molar-refractivity contribution >= 4 is 29.0 Å². The Labute approximate surface area is 195 Å². The zero-order valence-electron chi connectivity index (χ0n) is 18.6. The summed E-state index contributed by atoms with van der Waals surface area (Å²) >= 11 is 0. The van der Waals surface area contributed by atoms with Crippen LogP contribution < -0.4 is 20.0 Å². The van der Waals surface area contributed by atoms with Crippen LogP contribution in [0, 0.1) is 5.95 Å². The van der Waals surface area contributed by atoms with Crippen molar-refractivity contribution in [2.75, 3.05) is 52.7 Å². The minimum Gasteiger partial charge on any atom is -0.353 e. The fourth-order valence-corrected chi connectivity index (χ4v) is 4.16. The van der Waals surface area contributed by atoms with Gasteiger partial charge in [-0.15, -0.1) is 0 Å². The van der Waals surface area contributed by atoms with E-state index in [1.54, 1.807) is 18.3 Å². The van der Waals surface area contributed by atoms with E-state index in [4.69, 9.17) is 0 Å². The molecule has 11 heteroatoms. The lowest BCUT2D eigenvalue weighted by atomic mass is 10.2. The molecule has 2 saturated heterocycles. The van der Waals surface area contributed by atoms with Crippen LogP contribution in [0.3, 0.4) is 0 Å². The van der Waals surface area contributed by atoms with Gasteiger partial charge in [-0.2, -0.15) is 4.39 Å². The Balaban J connectivity index is 1.18. The Kier molecular flexibility index (Phi) is 5.91. The maximum Gasteiger partial charge on any atom is 0.257 e. The fraction of sp³-hybridized carbons (Fsp3) is 0.348. The van der Waals surface area contributed by atoms with E-state index >= 15 is 0 Å². The molecule has 2 aliphatic heterocycles. The number of anilines is 4. The molecule has 0 aromatic carbocycles. The topological polar surface area (TPSA) is 90.4 Å². The summed E-state index contributed by atoms with van der Waals surface area (Å²) in [6.07, 6.45) is 3.53. The lowest BCUT2D eigenvalue weighted by Gasteiger charge is -2.41. The van der Waals surface area contributed by atoms with Crippen molar-refractivity contribution in [3.63, 3.8) is 0 Å². The second-order valence-electron chi connectivity index (χ2n) is 8.45. The minimum atomic E-state index is -0.810. The molecule has 0 unspecified atom stereocenters. The maximum atomic E-state index is 13.4. The van der Waals surface area contributed by atoms with Crippen LogP contribution in [0.1, 0.15) is 17.3 Å². The molecule has 176 valence electrons. The number of hydrogen-bond donors (Lipinski definition) is 1. The predicted molar refractivity (Wildman–Crippen MR) is 125 cm³/mol. The van der Waals surface area contributed by atoms with Gasteiger partial charge in [0, 0.05) is 37.9 Å². The minimum absolute atomic E-state index is 0.128. The molecule has 2 aliphatic rings. The molecule has 9 nitrogen and oxygen atoms in total. The quantitative estimate of drug-likeness (QED) is 0.574. The second-order valence-corrected chi connectivity index (χ2v) is 8.45. The van der Waals surface area contributed by atoms with Gasteiger partial charge in [0.05, 0.1) is 30.5 Å². The number of aromatic nitrogens is 4. The third-order valence-corrected chi connectivity index (χ3v) is 6.04. The third kappa shape index (κ3) is 4.59. The SMILES string of the molecule is C[C@H]1CN(c2cc(F)ncn2)CCN1c1ccc(NC(=O)c2ccc(N3CC(F)C3)nc2)cn1. The van der Waals surface area contributed by atoms with Crippen LogP contribution in [0.5, 0.6) is 0 Å². The highest BCUT2D eigenvalue weighted by molar-refractivity contribution is 6.04. The standard InChI is InChI=1S/C23H24F2N8O/c1-15-11-31(22-8-19(25)28-14-29-22)6-7-33(15)21-5-3-18(10-27-21)30-23(34)16-2-4-20(26-9-16)32-12-17(24)13-32/h2-5,8-10,14-15,17H,6-7,11-13H2,1H3,(H,30,34)/t15-/m0/s1. The van der Waals surface area contributed by atoms with Gasteiger partial charge in [-0.3, -0.25) is 4.79 Å². The number of nitrogens with zero attached hydrogens (tertiary/aromatic N) is 7. The highest BCUT2D eigenvalue weighted by Gasteiger charge is 2.27. The Hall–Kier alpha value is -3.89. The first-order chi connectivity index (χ1) is 16.5. The van der Waals surface area contributed by atoms with E-state index in [2.05, 4.69) is 37.1 Å². The first-order valence-electron chi connectivity index (χ1n) is 11.1. The number of halogens is 2. The van der Waals surface area contributed by atoms with Crippen LogP contribution in [-0.2, 0) is 0 Å². The van der Waals surface area contributed by atoms with Crippen molar-refractivity contribution < 1.29 is 13.6 Å². The van der Waals surface area contributed by atoms with E-state index in [0.717, 1.165) is 5.82 Å². The van der Waals surface area contributed by atoms with Crippen molar-refractivity contribution in [3.05, 3.63) is 60.6 Å². The predicted octanol–water partition coefficient (Wildman–Crippen LogP) is 2.53. The average Bonchev–Trinajstić information content (AvgIpc) is 2.83. The van der Waals surface area contributed by atoms with Gasteiger partial charge in [0.25, 0.3) is 5.91 Å². The molecule has 0 aliphatic carbocycles. The smallest absolute Gasteiger partial charge is 0.257 e. The normalized spacial score (nSPS) is 18.6. The highest BCUT2D eigenvalue weighted by atomic mass is 19.1. The van der Waals surface area contributed by atoms with Crippen molar-refractivity contribution in [2.45, 2.75) is 19.1 Å². The molecule has 1 N–H and O–H groups in total. The van der Waals surface area contributed by atoms with Gasteiger partial charge >= 0.3 is 0 Å². The lowest BCUT2D eigenvalue weighted by molar-refractivity contribution is 0.102. The molecule has 2 fully saturated rings. The van der Waals surface area contributed by atoms with Crippen LogP contribution >= 0.6 is 0 Å². The van der Waals surface area contributed by atoms with Gasteiger partial charge in [-0.05, 0) is 31.2 Å². The van der Waals surface area contributed by atoms with Crippen molar-refractivity contribution in [1.29, 1.82) is 0 Å². The Morgan fingerprint density at radius 3 is 2.38 bits per heavy atom. The number of alkyl halides is 1. The van der Waals surface area contributed by atoms with Gasteiger partial charge in [-0.1, -0.05) is 0 Å². The Morgan fingerprint density at radius 2 is 1.74 bits per heavy atom. The van der Waals surface area contributed by atoms with E-state index in [9.17, 15) is 13.6 Å². The largest absolute Gasteiger partial charge is 0.353 e. The molecule has 5 heterocycles. The van der Waals surface area contributed by atoms with E-state index < -0.39 is 12.1 Å². The van der Waals surface area contributed by atoms with Crippen LogP contribution in [0.2, 0.25) is 0 Å². The summed E-state index contributed by atoms with van der Waals surface area (Å²) in [5.41, 5.74) is 0.986. The molecular weight excluding hydrogens is 442 g/mol. The summed E-state index contributed by atoms with van der Waals surface area (Å²) < 4.78 is 26.4. The van der Waals surface area contributed by atoms with Gasteiger partial charge in [0.1, 0.15) is 30.0 Å². The molecule has 3 aromatic heterocycles. The monoisotopic (exact) mass is 466 g/mol. The third-order valence-electron chi connectivity index (χ3n) is 6.04. The molecule has 0 radical (unpaired) electrons. The summed E-state index contributed by atoms with van der Waals surface area (Å²) in [4.78, 5) is 35.0. The van der Waals surface area contributed by atoms with Crippen LogP contribution in [0.15, 0.2) is 49.1 Å². The molecule has 1 amide bonds. The summed E-state index contributed by atoms with van der Waals surface area (Å²) in [5.74, 6) is 1.20. The van der Waals surface area contributed by atoms with Crippen LogP contribution in [0.4, 0.5) is 31.9 Å². The van der Waals surface area contributed by atoms with Crippen molar-refractivity contribution in [3.8, 4) is 0 Å². The molecule has 0 bridgehead atoms. The van der Waals surface area contributed by atoms with Gasteiger partial charge in [0.2, 0.25) is 5.95 Å². The molecule has 0 spiro atoms. The van der Waals surface area contributed by atoms with E-state index in [1.807, 2.05) is 21.9 Å². The summed E-state index contributed by atoms with van der Waals surface area (Å²) in [6.45, 7) is 4.79. The number of piperazine rings is 1. The molecule has 0 saturated carbocycles. The summed E-state index contributed by atoms with van der Waals surface area (Å²) in [7, 11) is 0. The molecule has 1 atom stereocenters. The maximum absolute atomic E-state index is 13.4. The van der Waals surface area contributed by atoms with Gasteiger partial charge < -0.3 is 20.0 Å². The number of pyridine rings is 2. The molecule has 5 rings (SSSR count). The van der Waals surface area contributed by atoms with Crippen molar-refractivity contribution in [1.82, 2.24) is 19.9 Å². The molecule has 3 aromatic rings. The zero-order chi connectivity index (χ0) is 23.7. The number of rotatable bonds is 5. The van der Waals surface area contributed by atoms with Gasteiger partial charge in [-0.25, -0.2) is 24.3 Å². The van der Waals surface area contributed by atoms with E-state index in [1.165, 1.54) is 18.6 Å². The Bertz CT molecular complexity index is 1150. The van der Waals surface area contributed by atoms with Crippen LogP contribution in [-0.4, -0.2) is 70.8 Å². The van der Waals surface area contributed by atoms with E-state index in [0.29, 0.717) is 55.6 Å².